The van der Waals surface area contributed by atoms with Crippen LogP contribution in [0.4, 0.5) is 0 Å². The molecule has 1 saturated carbocycles. The van der Waals surface area contributed by atoms with Crippen LogP contribution in [0, 0.1) is 11.3 Å². The summed E-state index contributed by atoms with van der Waals surface area (Å²) in [6.07, 6.45) is 6.79. The summed E-state index contributed by atoms with van der Waals surface area (Å²) in [4.78, 5) is 20.0. The number of carboxylic acids is 1. The Morgan fingerprint density at radius 2 is 2.14 bits per heavy atom. The Kier molecular flexibility index (Phi) is 5.05. The predicted octanol–water partition coefficient (Wildman–Crippen LogP) is 4.16. The molecule has 8 heteroatoms. The van der Waals surface area contributed by atoms with Crippen LogP contribution >= 0.6 is 11.3 Å². The molecule has 7 nitrogen and oxygen atoms in total. The fourth-order valence-corrected chi connectivity index (χ4v) is 4.54. The van der Waals surface area contributed by atoms with E-state index in [0.29, 0.717) is 24.0 Å². The van der Waals surface area contributed by atoms with Crippen LogP contribution in [0.5, 0.6) is 5.19 Å². The van der Waals surface area contributed by atoms with Gasteiger partial charge in [0.1, 0.15) is 24.7 Å². The van der Waals surface area contributed by atoms with E-state index in [-0.39, 0.29) is 12.6 Å². The first-order valence-corrected chi connectivity index (χ1v) is 10.5. The van der Waals surface area contributed by atoms with Crippen molar-refractivity contribution in [3.8, 4) is 5.19 Å². The van der Waals surface area contributed by atoms with Crippen LogP contribution in [0.2, 0.25) is 0 Å². The molecular weight excluding hydrogens is 376 g/mol. The van der Waals surface area contributed by atoms with Gasteiger partial charge in [0, 0.05) is 0 Å². The second kappa shape index (κ2) is 7.50. The first kappa shape index (κ1) is 18.9. The second-order valence-electron chi connectivity index (χ2n) is 7.48. The first-order chi connectivity index (χ1) is 13.6. The van der Waals surface area contributed by atoms with Crippen LogP contribution in [0.25, 0.3) is 10.2 Å². The standard InChI is InChI=1S/C20H24N4O3S/c1-3-13(4-2)17(24-12-21-11-22-24)14-5-6-15-16(9-14)28-19(23-15)27-10-20(7-8-20)18(25)26/h5-6,9,11-13,17H,3-4,7-8,10H2,1-2H3,(H,25,26). The molecular formula is C20H24N4O3S. The minimum atomic E-state index is -0.781. The molecule has 1 aromatic carbocycles. The molecule has 0 bridgehead atoms. The molecule has 148 valence electrons. The molecule has 1 aliphatic rings. The van der Waals surface area contributed by atoms with Crippen molar-refractivity contribution in [1.82, 2.24) is 19.7 Å². The van der Waals surface area contributed by atoms with Crippen molar-refractivity contribution < 1.29 is 14.6 Å². The summed E-state index contributed by atoms with van der Waals surface area (Å²) >= 11 is 1.46. The van der Waals surface area contributed by atoms with Gasteiger partial charge >= 0.3 is 5.97 Å². The van der Waals surface area contributed by atoms with Gasteiger partial charge in [-0.05, 0) is 36.5 Å². The number of hydrogen-bond donors (Lipinski definition) is 1. The number of aliphatic carboxylic acids is 1. The third-order valence-electron chi connectivity index (χ3n) is 5.73. The van der Waals surface area contributed by atoms with Gasteiger partial charge in [-0.15, -0.1) is 0 Å². The molecule has 1 atom stereocenters. The zero-order chi connectivity index (χ0) is 19.7. The Morgan fingerprint density at radius 1 is 1.36 bits per heavy atom. The van der Waals surface area contributed by atoms with Crippen molar-refractivity contribution >= 4 is 27.5 Å². The number of thiazole rings is 1. The molecule has 0 aliphatic heterocycles. The van der Waals surface area contributed by atoms with Crippen molar-refractivity contribution in [3.05, 3.63) is 36.4 Å². The maximum absolute atomic E-state index is 11.3. The number of aromatic nitrogens is 4. The Labute approximate surface area is 167 Å². The maximum Gasteiger partial charge on any atom is 0.313 e. The number of hydrogen-bond acceptors (Lipinski definition) is 6. The molecule has 1 fully saturated rings. The third kappa shape index (κ3) is 3.48. The highest BCUT2D eigenvalue weighted by Crippen LogP contribution is 2.46. The van der Waals surface area contributed by atoms with Gasteiger partial charge in [0.15, 0.2) is 0 Å². The monoisotopic (exact) mass is 400 g/mol. The molecule has 2 heterocycles. The number of nitrogens with zero attached hydrogens (tertiary/aromatic N) is 4. The van der Waals surface area contributed by atoms with Gasteiger partial charge < -0.3 is 9.84 Å². The summed E-state index contributed by atoms with van der Waals surface area (Å²) in [5, 5.41) is 14.2. The van der Waals surface area contributed by atoms with Crippen LogP contribution in [0.15, 0.2) is 30.9 Å². The van der Waals surface area contributed by atoms with Gasteiger partial charge in [-0.2, -0.15) is 5.10 Å². The van der Waals surface area contributed by atoms with E-state index >= 15 is 0 Å². The van der Waals surface area contributed by atoms with Gasteiger partial charge in [0.25, 0.3) is 5.19 Å². The van der Waals surface area contributed by atoms with Crippen LogP contribution in [-0.4, -0.2) is 37.4 Å². The van der Waals surface area contributed by atoms with Gasteiger partial charge in [0.2, 0.25) is 0 Å². The van der Waals surface area contributed by atoms with E-state index in [9.17, 15) is 9.90 Å². The second-order valence-corrected chi connectivity index (χ2v) is 8.47. The van der Waals surface area contributed by atoms with E-state index < -0.39 is 11.4 Å². The molecule has 28 heavy (non-hydrogen) atoms. The first-order valence-electron chi connectivity index (χ1n) is 9.67. The number of carbonyl (C=O) groups is 1. The molecule has 0 amide bonds. The topological polar surface area (TPSA) is 90.1 Å². The van der Waals surface area contributed by atoms with Crippen LogP contribution in [-0.2, 0) is 4.79 Å². The van der Waals surface area contributed by atoms with Crippen LogP contribution < -0.4 is 4.74 Å². The van der Waals surface area contributed by atoms with E-state index in [2.05, 4.69) is 41.0 Å². The lowest BCUT2D eigenvalue weighted by Gasteiger charge is -2.25. The largest absolute Gasteiger partial charge is 0.481 e. The number of rotatable bonds is 9. The van der Waals surface area contributed by atoms with Gasteiger partial charge in [0.05, 0.1) is 16.3 Å². The third-order valence-corrected chi connectivity index (χ3v) is 6.66. The van der Waals surface area contributed by atoms with E-state index in [4.69, 9.17) is 4.74 Å². The van der Waals surface area contributed by atoms with Gasteiger partial charge in [-0.3, -0.25) is 4.79 Å². The highest BCUT2D eigenvalue weighted by Gasteiger charge is 2.51. The van der Waals surface area contributed by atoms with Crippen LogP contribution in [0.3, 0.4) is 0 Å². The molecule has 0 saturated heterocycles. The van der Waals surface area contributed by atoms with Crippen LogP contribution in [0.1, 0.15) is 51.1 Å². The smallest absolute Gasteiger partial charge is 0.313 e. The Bertz CT molecular complexity index is 961. The van der Waals surface area contributed by atoms with Crippen molar-refractivity contribution in [2.24, 2.45) is 11.3 Å². The lowest BCUT2D eigenvalue weighted by Crippen LogP contribution is -2.22. The summed E-state index contributed by atoms with van der Waals surface area (Å²) < 4.78 is 8.70. The Balaban J connectivity index is 1.60. The van der Waals surface area contributed by atoms with Crippen molar-refractivity contribution in [3.63, 3.8) is 0 Å². The lowest BCUT2D eigenvalue weighted by atomic mass is 9.89. The summed E-state index contributed by atoms with van der Waals surface area (Å²) in [5.41, 5.74) is 1.33. The van der Waals surface area contributed by atoms with Crippen molar-refractivity contribution in [1.29, 1.82) is 0 Å². The van der Waals surface area contributed by atoms with Crippen molar-refractivity contribution in [2.45, 2.75) is 45.6 Å². The number of ether oxygens (including phenoxy) is 1. The summed E-state index contributed by atoms with van der Waals surface area (Å²) in [6, 6.07) is 6.37. The average molecular weight is 401 g/mol. The number of benzene rings is 1. The van der Waals surface area contributed by atoms with Gasteiger partial charge in [-0.25, -0.2) is 14.6 Å². The molecule has 1 unspecified atom stereocenters. The lowest BCUT2D eigenvalue weighted by molar-refractivity contribution is -0.144. The molecule has 1 N–H and O–H groups in total. The average Bonchev–Trinajstić information content (AvgIpc) is 3.12. The normalized spacial score (nSPS) is 16.4. The zero-order valence-electron chi connectivity index (χ0n) is 16.0. The summed E-state index contributed by atoms with van der Waals surface area (Å²) in [5.74, 6) is -0.329. The minimum Gasteiger partial charge on any atom is -0.481 e. The molecule has 0 spiro atoms. The highest BCUT2D eigenvalue weighted by atomic mass is 32.1. The van der Waals surface area contributed by atoms with E-state index in [1.807, 2.05) is 10.7 Å². The van der Waals surface area contributed by atoms with E-state index in [0.717, 1.165) is 23.1 Å². The Morgan fingerprint density at radius 3 is 2.75 bits per heavy atom. The number of carboxylic acid groups (broad SMARTS) is 1. The highest BCUT2D eigenvalue weighted by molar-refractivity contribution is 7.20. The fourth-order valence-electron chi connectivity index (χ4n) is 3.67. The predicted molar refractivity (Wildman–Crippen MR) is 107 cm³/mol. The summed E-state index contributed by atoms with van der Waals surface area (Å²) in [6.45, 7) is 4.58. The molecule has 4 rings (SSSR count). The number of fused-ring (bicyclic) bond motifs is 1. The Hall–Kier alpha value is -2.48. The summed E-state index contributed by atoms with van der Waals surface area (Å²) in [7, 11) is 0. The minimum absolute atomic E-state index is 0.120. The quantitative estimate of drug-likeness (QED) is 0.580. The van der Waals surface area contributed by atoms with Gasteiger partial charge in [-0.1, -0.05) is 44.1 Å². The molecule has 0 radical (unpaired) electrons. The van der Waals surface area contributed by atoms with Crippen molar-refractivity contribution in [2.75, 3.05) is 6.61 Å². The molecule has 3 aromatic rings. The van der Waals surface area contributed by atoms with E-state index in [1.165, 1.54) is 16.9 Å². The zero-order valence-corrected chi connectivity index (χ0v) is 16.9. The SMILES string of the molecule is CCC(CC)C(c1ccc2nc(OCC3(C(=O)O)CC3)sc2c1)n1cncn1. The molecule has 1 aliphatic carbocycles. The van der Waals surface area contributed by atoms with E-state index in [1.54, 1.807) is 12.7 Å². The fraction of sp³-hybridized carbons (Fsp3) is 0.500. The molecule has 2 aromatic heterocycles. The maximum atomic E-state index is 11.3.